The van der Waals surface area contributed by atoms with Crippen molar-refractivity contribution in [3.63, 3.8) is 0 Å². The first-order valence-corrected chi connectivity index (χ1v) is 9.89. The lowest BCUT2D eigenvalue weighted by atomic mass is 10.0. The van der Waals surface area contributed by atoms with Crippen molar-refractivity contribution in [3.8, 4) is 11.4 Å². The maximum Gasteiger partial charge on any atom is 0.337 e. The second-order valence-electron chi connectivity index (χ2n) is 7.11. The third kappa shape index (κ3) is 4.17. The third-order valence-electron chi connectivity index (χ3n) is 5.17. The lowest BCUT2D eigenvalue weighted by Crippen LogP contribution is -2.41. The number of nitrogens with zero attached hydrogens (tertiary/aromatic N) is 3. The minimum Gasteiger partial charge on any atom is -0.465 e. The number of H-pyrrole nitrogens is 1. The van der Waals surface area contributed by atoms with Gasteiger partial charge >= 0.3 is 12.0 Å². The first kappa shape index (κ1) is 19.6. The van der Waals surface area contributed by atoms with E-state index in [9.17, 15) is 9.59 Å². The Bertz CT molecular complexity index is 1020. The number of benzene rings is 2. The maximum absolute atomic E-state index is 13.0. The van der Waals surface area contributed by atoms with E-state index in [-0.39, 0.29) is 12.1 Å². The molecule has 4 rings (SSSR count). The number of urea groups is 1. The van der Waals surface area contributed by atoms with Crippen molar-refractivity contribution in [1.29, 1.82) is 0 Å². The van der Waals surface area contributed by atoms with Crippen LogP contribution in [0.4, 0.5) is 10.5 Å². The highest BCUT2D eigenvalue weighted by Gasteiger charge is 2.30. The van der Waals surface area contributed by atoms with Gasteiger partial charge in [0.2, 0.25) is 0 Å². The fourth-order valence-corrected chi connectivity index (χ4v) is 3.60. The van der Waals surface area contributed by atoms with E-state index >= 15 is 0 Å². The predicted octanol–water partition coefficient (Wildman–Crippen LogP) is 4.02. The van der Waals surface area contributed by atoms with E-state index < -0.39 is 5.97 Å². The van der Waals surface area contributed by atoms with Crippen molar-refractivity contribution in [2.75, 3.05) is 19.0 Å². The monoisotopic (exact) mass is 405 g/mol. The standard InChI is InChI=1S/C22H23N5O3/c1-30-21(28)16-10-12-17(13-11-16)23-22(29)27-14-6-5-9-18(27)20-24-19(25-26-20)15-7-3-2-4-8-15/h2-4,7-8,10-13,18H,5-6,9,14H2,1H3,(H,23,29)(H,24,25,26). The van der Waals surface area contributed by atoms with Gasteiger partial charge in [-0.25, -0.2) is 14.6 Å². The maximum atomic E-state index is 13.0. The number of aromatic amines is 1. The van der Waals surface area contributed by atoms with Gasteiger partial charge in [-0.15, -0.1) is 0 Å². The summed E-state index contributed by atoms with van der Waals surface area (Å²) in [7, 11) is 1.33. The number of esters is 1. The molecule has 0 bridgehead atoms. The summed E-state index contributed by atoms with van der Waals surface area (Å²) in [5.41, 5.74) is 1.97. The van der Waals surface area contributed by atoms with Gasteiger partial charge < -0.3 is 15.0 Å². The van der Waals surface area contributed by atoms with Gasteiger partial charge in [-0.05, 0) is 43.5 Å². The molecule has 154 valence electrons. The number of methoxy groups -OCH3 is 1. The van der Waals surface area contributed by atoms with Crippen molar-refractivity contribution in [3.05, 3.63) is 66.0 Å². The summed E-state index contributed by atoms with van der Waals surface area (Å²) in [4.78, 5) is 31.0. The quantitative estimate of drug-likeness (QED) is 0.639. The first-order chi connectivity index (χ1) is 14.7. The minimum absolute atomic E-state index is 0.168. The van der Waals surface area contributed by atoms with Crippen LogP contribution >= 0.6 is 0 Å². The Labute approximate surface area is 174 Å². The van der Waals surface area contributed by atoms with Crippen molar-refractivity contribution < 1.29 is 14.3 Å². The van der Waals surface area contributed by atoms with E-state index in [4.69, 9.17) is 4.74 Å². The van der Waals surface area contributed by atoms with Gasteiger partial charge in [-0.2, -0.15) is 5.10 Å². The lowest BCUT2D eigenvalue weighted by molar-refractivity contribution is 0.0600. The Kier molecular flexibility index (Phi) is 5.74. The Morgan fingerprint density at radius 1 is 1.10 bits per heavy atom. The largest absolute Gasteiger partial charge is 0.465 e. The average Bonchev–Trinajstić information content (AvgIpc) is 3.30. The van der Waals surface area contributed by atoms with Gasteiger partial charge in [-0.3, -0.25) is 5.10 Å². The number of ether oxygens (including phenoxy) is 1. The van der Waals surface area contributed by atoms with Crippen molar-refractivity contribution in [2.24, 2.45) is 0 Å². The Hall–Kier alpha value is -3.68. The molecule has 2 N–H and O–H groups in total. The molecule has 1 unspecified atom stereocenters. The first-order valence-electron chi connectivity index (χ1n) is 9.89. The van der Waals surface area contributed by atoms with E-state index in [0.717, 1.165) is 24.8 Å². The zero-order chi connectivity index (χ0) is 20.9. The molecule has 8 nitrogen and oxygen atoms in total. The summed E-state index contributed by atoms with van der Waals surface area (Å²) in [6, 6.07) is 16.0. The lowest BCUT2D eigenvalue weighted by Gasteiger charge is -2.34. The van der Waals surface area contributed by atoms with E-state index in [0.29, 0.717) is 29.4 Å². The summed E-state index contributed by atoms with van der Waals surface area (Å²) >= 11 is 0. The summed E-state index contributed by atoms with van der Waals surface area (Å²) in [6.07, 6.45) is 2.77. The summed E-state index contributed by atoms with van der Waals surface area (Å²) in [6.45, 7) is 0.637. The molecule has 1 fully saturated rings. The van der Waals surface area contributed by atoms with Crippen LogP contribution in [0.25, 0.3) is 11.4 Å². The highest BCUT2D eigenvalue weighted by Crippen LogP contribution is 2.30. The van der Waals surface area contributed by atoms with Crippen LogP contribution in [0.3, 0.4) is 0 Å². The molecule has 1 atom stereocenters. The fraction of sp³-hybridized carbons (Fsp3) is 0.273. The molecule has 3 aromatic rings. The van der Waals surface area contributed by atoms with E-state index in [1.165, 1.54) is 7.11 Å². The van der Waals surface area contributed by atoms with Gasteiger partial charge in [0, 0.05) is 17.8 Å². The van der Waals surface area contributed by atoms with Crippen LogP contribution in [-0.4, -0.2) is 45.7 Å². The zero-order valence-corrected chi connectivity index (χ0v) is 16.7. The normalized spacial score (nSPS) is 16.2. The molecule has 30 heavy (non-hydrogen) atoms. The molecule has 1 aliphatic rings. The molecule has 2 aromatic carbocycles. The number of hydrogen-bond acceptors (Lipinski definition) is 5. The molecular weight excluding hydrogens is 382 g/mol. The van der Waals surface area contributed by atoms with Crippen LogP contribution in [0.5, 0.6) is 0 Å². The van der Waals surface area contributed by atoms with E-state index in [1.54, 1.807) is 29.2 Å². The van der Waals surface area contributed by atoms with Crippen LogP contribution in [0.2, 0.25) is 0 Å². The summed E-state index contributed by atoms with van der Waals surface area (Å²) < 4.78 is 4.70. The minimum atomic E-state index is -0.413. The average molecular weight is 405 g/mol. The Morgan fingerprint density at radius 3 is 2.60 bits per heavy atom. The smallest absolute Gasteiger partial charge is 0.337 e. The molecule has 8 heteroatoms. The molecule has 2 amide bonds. The second-order valence-corrected chi connectivity index (χ2v) is 7.11. The highest BCUT2D eigenvalue weighted by molar-refractivity contribution is 5.92. The number of aromatic nitrogens is 3. The molecule has 0 radical (unpaired) electrons. The predicted molar refractivity (Wildman–Crippen MR) is 112 cm³/mol. The number of carbonyl (C=O) groups is 2. The second kappa shape index (κ2) is 8.77. The van der Waals surface area contributed by atoms with Gasteiger partial charge in [0.15, 0.2) is 5.82 Å². The van der Waals surface area contributed by atoms with Crippen LogP contribution in [0.15, 0.2) is 54.6 Å². The van der Waals surface area contributed by atoms with Gasteiger partial charge in [-0.1, -0.05) is 30.3 Å². The van der Waals surface area contributed by atoms with Gasteiger partial charge in [0.1, 0.15) is 5.82 Å². The van der Waals surface area contributed by atoms with Crippen molar-refractivity contribution >= 4 is 17.7 Å². The number of amides is 2. The number of anilines is 1. The summed E-state index contributed by atoms with van der Waals surface area (Å²) in [5.74, 6) is 0.892. The number of rotatable bonds is 4. The fourth-order valence-electron chi connectivity index (χ4n) is 3.60. The Morgan fingerprint density at radius 2 is 1.87 bits per heavy atom. The van der Waals surface area contributed by atoms with Crippen molar-refractivity contribution in [2.45, 2.75) is 25.3 Å². The zero-order valence-electron chi connectivity index (χ0n) is 16.7. The number of likely N-dealkylation sites (tertiary alicyclic amines) is 1. The number of piperidine rings is 1. The molecule has 1 saturated heterocycles. The third-order valence-corrected chi connectivity index (χ3v) is 5.17. The molecular formula is C22H23N5O3. The molecule has 0 saturated carbocycles. The van der Waals surface area contributed by atoms with Crippen LogP contribution in [-0.2, 0) is 4.74 Å². The molecule has 2 heterocycles. The Balaban J connectivity index is 1.49. The summed E-state index contributed by atoms with van der Waals surface area (Å²) in [5, 5.41) is 10.3. The number of carbonyl (C=O) groups excluding carboxylic acids is 2. The molecule has 0 aliphatic carbocycles. The van der Waals surface area contributed by atoms with Crippen LogP contribution < -0.4 is 5.32 Å². The topological polar surface area (TPSA) is 100 Å². The van der Waals surface area contributed by atoms with E-state index in [2.05, 4.69) is 20.5 Å². The SMILES string of the molecule is COC(=O)c1ccc(NC(=O)N2CCCCC2c2nc(-c3ccccc3)n[nH]2)cc1. The number of nitrogens with one attached hydrogen (secondary N) is 2. The molecule has 0 spiro atoms. The number of hydrogen-bond donors (Lipinski definition) is 2. The molecule has 1 aliphatic heterocycles. The highest BCUT2D eigenvalue weighted by atomic mass is 16.5. The van der Waals surface area contributed by atoms with Gasteiger partial charge in [0.25, 0.3) is 0 Å². The van der Waals surface area contributed by atoms with Crippen LogP contribution in [0.1, 0.15) is 41.5 Å². The van der Waals surface area contributed by atoms with Crippen molar-refractivity contribution in [1.82, 2.24) is 20.1 Å². The van der Waals surface area contributed by atoms with E-state index in [1.807, 2.05) is 30.3 Å². The van der Waals surface area contributed by atoms with Gasteiger partial charge in [0.05, 0.1) is 18.7 Å². The molecule has 1 aromatic heterocycles. The van der Waals surface area contributed by atoms with Crippen LogP contribution in [0, 0.1) is 0 Å².